The minimum Gasteiger partial charge on any atom is -0.0891 e. The van der Waals surface area contributed by atoms with Crippen LogP contribution in [0.4, 0.5) is 0 Å². The first-order valence-corrected chi connectivity index (χ1v) is 7.94. The van der Waals surface area contributed by atoms with Crippen molar-refractivity contribution in [1.29, 1.82) is 0 Å². The van der Waals surface area contributed by atoms with Crippen LogP contribution in [0.3, 0.4) is 0 Å². The SMILES string of the molecule is CCCC(Br)CCc1ccccc1C1CCC1. The van der Waals surface area contributed by atoms with Crippen molar-refractivity contribution >= 4 is 15.9 Å². The third-order valence-corrected chi connectivity index (χ3v) is 4.84. The number of aryl methyl sites for hydroxylation is 1. The summed E-state index contributed by atoms with van der Waals surface area (Å²) < 4.78 is 0. The molecule has 1 aromatic rings. The van der Waals surface area contributed by atoms with E-state index in [1.165, 1.54) is 44.9 Å². The molecule has 1 aromatic carbocycles. The summed E-state index contributed by atoms with van der Waals surface area (Å²) in [5.41, 5.74) is 3.23. The molecule has 1 aliphatic rings. The fourth-order valence-corrected chi connectivity index (χ4v) is 3.34. The van der Waals surface area contributed by atoms with Crippen LogP contribution >= 0.6 is 15.9 Å². The molecular formula is C16H23Br. The van der Waals surface area contributed by atoms with E-state index in [0.717, 1.165) is 5.92 Å². The van der Waals surface area contributed by atoms with E-state index in [1.807, 2.05) is 0 Å². The minimum absolute atomic E-state index is 0.696. The molecule has 0 heterocycles. The van der Waals surface area contributed by atoms with Gasteiger partial charge in [-0.3, -0.25) is 0 Å². The Labute approximate surface area is 114 Å². The largest absolute Gasteiger partial charge is 0.0891 e. The van der Waals surface area contributed by atoms with Crippen molar-refractivity contribution in [3.05, 3.63) is 35.4 Å². The maximum Gasteiger partial charge on any atom is 0.0148 e. The Morgan fingerprint density at radius 2 is 2.00 bits per heavy atom. The highest BCUT2D eigenvalue weighted by atomic mass is 79.9. The van der Waals surface area contributed by atoms with Crippen LogP contribution in [0.5, 0.6) is 0 Å². The molecule has 1 atom stereocenters. The van der Waals surface area contributed by atoms with Crippen molar-refractivity contribution in [3.8, 4) is 0 Å². The fourth-order valence-electron chi connectivity index (χ4n) is 2.65. The second-order valence-corrected chi connectivity index (χ2v) is 6.55. The van der Waals surface area contributed by atoms with Crippen LogP contribution in [0.2, 0.25) is 0 Å². The Balaban J connectivity index is 1.95. The number of alkyl halides is 1. The highest BCUT2D eigenvalue weighted by Gasteiger charge is 2.21. The molecule has 17 heavy (non-hydrogen) atoms. The van der Waals surface area contributed by atoms with Crippen molar-refractivity contribution in [2.45, 2.75) is 62.6 Å². The average molecular weight is 295 g/mol. The molecule has 0 saturated heterocycles. The van der Waals surface area contributed by atoms with Crippen molar-refractivity contribution in [2.24, 2.45) is 0 Å². The number of rotatable bonds is 6. The molecule has 1 heteroatoms. The van der Waals surface area contributed by atoms with Crippen LogP contribution in [-0.2, 0) is 6.42 Å². The summed E-state index contributed by atoms with van der Waals surface area (Å²) in [6.45, 7) is 2.26. The molecule has 1 unspecified atom stereocenters. The Morgan fingerprint density at radius 3 is 2.65 bits per heavy atom. The predicted octanol–water partition coefficient (Wildman–Crippen LogP) is 5.45. The first-order valence-electron chi connectivity index (χ1n) is 7.03. The summed E-state index contributed by atoms with van der Waals surface area (Å²) in [5, 5.41) is 0. The first kappa shape index (κ1) is 13.1. The summed E-state index contributed by atoms with van der Waals surface area (Å²) >= 11 is 3.79. The van der Waals surface area contributed by atoms with Crippen LogP contribution < -0.4 is 0 Å². The Hall–Kier alpha value is -0.300. The molecule has 0 N–H and O–H groups in total. The average Bonchev–Trinajstić information content (AvgIpc) is 2.26. The Morgan fingerprint density at radius 1 is 1.24 bits per heavy atom. The lowest BCUT2D eigenvalue weighted by Gasteiger charge is -2.28. The zero-order chi connectivity index (χ0) is 12.1. The number of hydrogen-bond acceptors (Lipinski definition) is 0. The van der Waals surface area contributed by atoms with Gasteiger partial charge in [0.2, 0.25) is 0 Å². The van der Waals surface area contributed by atoms with Crippen molar-refractivity contribution in [2.75, 3.05) is 0 Å². The standard InChI is InChI=1S/C16H23Br/c1-2-6-15(17)12-11-14-7-3-4-10-16(14)13-8-5-9-13/h3-4,7,10,13,15H,2,5-6,8-9,11-12H2,1H3. The Kier molecular flexibility index (Phi) is 5.09. The third-order valence-electron chi connectivity index (χ3n) is 3.93. The van der Waals surface area contributed by atoms with E-state index in [0.29, 0.717) is 4.83 Å². The lowest BCUT2D eigenvalue weighted by molar-refractivity contribution is 0.417. The van der Waals surface area contributed by atoms with Crippen molar-refractivity contribution in [1.82, 2.24) is 0 Å². The van der Waals surface area contributed by atoms with Gasteiger partial charge >= 0.3 is 0 Å². The summed E-state index contributed by atoms with van der Waals surface area (Å²) in [6, 6.07) is 9.08. The minimum atomic E-state index is 0.696. The van der Waals surface area contributed by atoms with Crippen LogP contribution in [0.1, 0.15) is 62.5 Å². The molecule has 0 radical (unpaired) electrons. The smallest absolute Gasteiger partial charge is 0.0148 e. The van der Waals surface area contributed by atoms with Gasteiger partial charge in [0.15, 0.2) is 0 Å². The molecule has 0 aliphatic heterocycles. The quantitative estimate of drug-likeness (QED) is 0.612. The van der Waals surface area contributed by atoms with E-state index in [9.17, 15) is 0 Å². The highest BCUT2D eigenvalue weighted by Crippen LogP contribution is 2.38. The molecule has 0 spiro atoms. The van der Waals surface area contributed by atoms with E-state index in [2.05, 4.69) is 47.1 Å². The summed E-state index contributed by atoms with van der Waals surface area (Å²) in [7, 11) is 0. The molecule has 1 fully saturated rings. The van der Waals surface area contributed by atoms with Crippen LogP contribution in [0.15, 0.2) is 24.3 Å². The first-order chi connectivity index (χ1) is 8.31. The molecule has 1 saturated carbocycles. The van der Waals surface area contributed by atoms with E-state index in [1.54, 1.807) is 11.1 Å². The highest BCUT2D eigenvalue weighted by molar-refractivity contribution is 9.09. The summed E-state index contributed by atoms with van der Waals surface area (Å²) in [4.78, 5) is 0.696. The van der Waals surface area contributed by atoms with E-state index in [4.69, 9.17) is 0 Å². The van der Waals surface area contributed by atoms with Crippen LogP contribution in [0, 0.1) is 0 Å². The molecule has 0 aromatic heterocycles. The van der Waals surface area contributed by atoms with Gasteiger partial charge in [0.25, 0.3) is 0 Å². The monoisotopic (exact) mass is 294 g/mol. The molecule has 0 amide bonds. The fraction of sp³-hybridized carbons (Fsp3) is 0.625. The zero-order valence-electron chi connectivity index (χ0n) is 10.8. The molecule has 1 aliphatic carbocycles. The van der Waals surface area contributed by atoms with Gasteiger partial charge in [0.1, 0.15) is 0 Å². The molecule has 2 rings (SSSR count). The number of halogens is 1. The number of benzene rings is 1. The molecular weight excluding hydrogens is 272 g/mol. The normalized spacial score (nSPS) is 17.8. The maximum atomic E-state index is 3.79. The van der Waals surface area contributed by atoms with Crippen molar-refractivity contribution in [3.63, 3.8) is 0 Å². The molecule has 0 nitrogen and oxygen atoms in total. The third kappa shape index (κ3) is 3.58. The van der Waals surface area contributed by atoms with E-state index in [-0.39, 0.29) is 0 Å². The number of hydrogen-bond donors (Lipinski definition) is 0. The molecule has 94 valence electrons. The lowest BCUT2D eigenvalue weighted by Crippen LogP contribution is -2.12. The second kappa shape index (κ2) is 6.58. The molecule has 0 bridgehead atoms. The zero-order valence-corrected chi connectivity index (χ0v) is 12.4. The van der Waals surface area contributed by atoms with Gasteiger partial charge in [-0.2, -0.15) is 0 Å². The van der Waals surface area contributed by atoms with Gasteiger partial charge in [-0.1, -0.05) is 60.0 Å². The van der Waals surface area contributed by atoms with Gasteiger partial charge in [-0.25, -0.2) is 0 Å². The van der Waals surface area contributed by atoms with E-state index >= 15 is 0 Å². The topological polar surface area (TPSA) is 0 Å². The Bertz CT molecular complexity index is 341. The second-order valence-electron chi connectivity index (χ2n) is 5.25. The van der Waals surface area contributed by atoms with Gasteiger partial charge in [-0.15, -0.1) is 0 Å². The van der Waals surface area contributed by atoms with E-state index < -0.39 is 0 Å². The van der Waals surface area contributed by atoms with Crippen LogP contribution in [-0.4, -0.2) is 4.83 Å². The summed E-state index contributed by atoms with van der Waals surface area (Å²) in [5.74, 6) is 0.867. The lowest BCUT2D eigenvalue weighted by atomic mass is 9.77. The summed E-state index contributed by atoms with van der Waals surface area (Å²) in [6.07, 6.45) is 9.33. The van der Waals surface area contributed by atoms with Gasteiger partial charge in [0.05, 0.1) is 0 Å². The maximum absolute atomic E-state index is 3.79. The van der Waals surface area contributed by atoms with Gasteiger partial charge < -0.3 is 0 Å². The van der Waals surface area contributed by atoms with Crippen LogP contribution in [0.25, 0.3) is 0 Å². The van der Waals surface area contributed by atoms with Gasteiger partial charge in [0, 0.05) is 4.83 Å². The van der Waals surface area contributed by atoms with Gasteiger partial charge in [-0.05, 0) is 49.1 Å². The predicted molar refractivity (Wildman–Crippen MR) is 79.0 cm³/mol. The van der Waals surface area contributed by atoms with Crippen molar-refractivity contribution < 1.29 is 0 Å².